The molecule has 0 amide bonds. The molecular formula is C16H11F3N6OS2. The summed E-state index contributed by atoms with van der Waals surface area (Å²) in [6.45, 7) is 0.563. The molecule has 0 fully saturated rings. The highest BCUT2D eigenvalue weighted by molar-refractivity contribution is 7.98. The molecule has 0 aliphatic carbocycles. The predicted octanol–water partition coefficient (Wildman–Crippen LogP) is 4.14. The van der Waals surface area contributed by atoms with Crippen molar-refractivity contribution < 1.29 is 17.7 Å². The summed E-state index contributed by atoms with van der Waals surface area (Å²) in [4.78, 5) is 5.34. The van der Waals surface area contributed by atoms with E-state index in [-0.39, 0.29) is 5.82 Å². The van der Waals surface area contributed by atoms with Gasteiger partial charge in [-0.15, -0.1) is 16.4 Å². The lowest BCUT2D eigenvalue weighted by Gasteiger charge is -2.05. The summed E-state index contributed by atoms with van der Waals surface area (Å²) in [6, 6.07) is 8.55. The zero-order valence-corrected chi connectivity index (χ0v) is 15.6. The van der Waals surface area contributed by atoms with E-state index >= 15 is 0 Å². The van der Waals surface area contributed by atoms with Gasteiger partial charge in [-0.3, -0.25) is 0 Å². The van der Waals surface area contributed by atoms with E-state index in [0.717, 1.165) is 17.0 Å². The van der Waals surface area contributed by atoms with Crippen molar-refractivity contribution in [1.82, 2.24) is 30.3 Å². The number of rotatable bonds is 6. The predicted molar refractivity (Wildman–Crippen MR) is 95.5 cm³/mol. The van der Waals surface area contributed by atoms with Crippen molar-refractivity contribution in [2.75, 3.05) is 0 Å². The van der Waals surface area contributed by atoms with E-state index < -0.39 is 11.7 Å². The number of thiophene rings is 1. The van der Waals surface area contributed by atoms with Crippen LogP contribution in [0.5, 0.6) is 0 Å². The van der Waals surface area contributed by atoms with E-state index in [1.54, 1.807) is 16.0 Å². The lowest BCUT2D eigenvalue weighted by Crippen LogP contribution is -2.04. The van der Waals surface area contributed by atoms with Crippen LogP contribution in [-0.2, 0) is 18.5 Å². The summed E-state index contributed by atoms with van der Waals surface area (Å²) < 4.78 is 44.8. The van der Waals surface area contributed by atoms with Gasteiger partial charge in [-0.05, 0) is 34.0 Å². The molecular weight excluding hydrogens is 413 g/mol. The number of tetrazole rings is 1. The van der Waals surface area contributed by atoms with E-state index in [4.69, 9.17) is 4.52 Å². The summed E-state index contributed by atoms with van der Waals surface area (Å²) in [5, 5.41) is 18.0. The quantitative estimate of drug-likeness (QED) is 0.430. The first-order valence-electron chi connectivity index (χ1n) is 7.90. The van der Waals surface area contributed by atoms with Gasteiger partial charge >= 0.3 is 6.18 Å². The lowest BCUT2D eigenvalue weighted by molar-refractivity contribution is -0.137. The lowest BCUT2D eigenvalue weighted by atomic mass is 10.1. The Hall–Kier alpha value is -2.73. The molecule has 3 aromatic heterocycles. The van der Waals surface area contributed by atoms with Gasteiger partial charge in [0.2, 0.25) is 16.9 Å². The second-order valence-electron chi connectivity index (χ2n) is 5.57. The third kappa shape index (κ3) is 4.22. The summed E-state index contributed by atoms with van der Waals surface area (Å²) in [5.41, 5.74) is -0.288. The zero-order chi connectivity index (χ0) is 19.6. The molecule has 4 aromatic rings. The van der Waals surface area contributed by atoms with Crippen molar-refractivity contribution in [2.24, 2.45) is 0 Å². The molecule has 0 N–H and O–H groups in total. The second-order valence-corrected chi connectivity index (χ2v) is 7.55. The number of halogens is 3. The van der Waals surface area contributed by atoms with Gasteiger partial charge in [-0.1, -0.05) is 35.1 Å². The van der Waals surface area contributed by atoms with Crippen molar-refractivity contribution in [1.29, 1.82) is 0 Å². The molecule has 1 aromatic carbocycles. The molecule has 0 spiro atoms. The molecule has 0 saturated carbocycles. The maximum Gasteiger partial charge on any atom is 0.416 e. The maximum absolute atomic E-state index is 12.6. The van der Waals surface area contributed by atoms with Crippen LogP contribution in [0.2, 0.25) is 0 Å². The fraction of sp³-hybridized carbons (Fsp3) is 0.188. The highest BCUT2D eigenvalue weighted by atomic mass is 32.2. The monoisotopic (exact) mass is 424 g/mol. The van der Waals surface area contributed by atoms with Gasteiger partial charge in [-0.2, -0.15) is 18.2 Å². The average molecular weight is 424 g/mol. The molecule has 0 atom stereocenters. The van der Waals surface area contributed by atoms with E-state index in [2.05, 4.69) is 25.7 Å². The third-order valence-electron chi connectivity index (χ3n) is 3.65. The molecule has 0 unspecified atom stereocenters. The summed E-state index contributed by atoms with van der Waals surface area (Å²) in [5.74, 6) is 0.881. The Kier molecular flexibility index (Phi) is 5.13. The minimum absolute atomic E-state index is 0.225. The second kappa shape index (κ2) is 7.72. The first-order valence-corrected chi connectivity index (χ1v) is 9.77. The van der Waals surface area contributed by atoms with E-state index in [1.807, 2.05) is 17.5 Å². The highest BCUT2D eigenvalue weighted by Gasteiger charge is 2.30. The van der Waals surface area contributed by atoms with Crippen LogP contribution >= 0.6 is 23.1 Å². The Morgan fingerprint density at radius 3 is 2.68 bits per heavy atom. The number of hydrogen-bond acceptors (Lipinski definition) is 8. The van der Waals surface area contributed by atoms with Crippen LogP contribution in [0.15, 0.2) is 51.5 Å². The van der Waals surface area contributed by atoms with Gasteiger partial charge in [0.1, 0.15) is 0 Å². The SMILES string of the molecule is FC(F)(F)c1ccc(-c2noc(CSc3nnnn3Cc3cccs3)n2)cc1. The Morgan fingerprint density at radius 1 is 1.14 bits per heavy atom. The molecule has 144 valence electrons. The third-order valence-corrected chi connectivity index (χ3v) is 5.45. The molecule has 12 heteroatoms. The molecule has 3 heterocycles. The number of benzene rings is 1. The minimum atomic E-state index is -4.38. The number of thioether (sulfide) groups is 1. The van der Waals surface area contributed by atoms with Crippen molar-refractivity contribution in [3.63, 3.8) is 0 Å². The molecule has 0 radical (unpaired) electrons. The molecule has 0 bridgehead atoms. The average Bonchev–Trinajstić information content (AvgIpc) is 3.42. The Balaban J connectivity index is 1.41. The molecule has 7 nitrogen and oxygen atoms in total. The van der Waals surface area contributed by atoms with Crippen molar-refractivity contribution in [2.45, 2.75) is 23.6 Å². The van der Waals surface area contributed by atoms with Gasteiger partial charge in [0.15, 0.2) is 0 Å². The van der Waals surface area contributed by atoms with Crippen molar-refractivity contribution in [3.8, 4) is 11.4 Å². The number of aromatic nitrogens is 6. The normalized spacial score (nSPS) is 11.8. The van der Waals surface area contributed by atoms with Crippen LogP contribution in [0.1, 0.15) is 16.3 Å². The highest BCUT2D eigenvalue weighted by Crippen LogP contribution is 2.30. The standard InChI is InChI=1S/C16H11F3N6OS2/c17-16(18,19)11-5-3-10(4-6-11)14-20-13(26-22-14)9-28-15-21-23-24-25(15)8-12-2-1-7-27-12/h1-7H,8-9H2. The molecule has 4 rings (SSSR count). The van der Waals surface area contributed by atoms with Crippen LogP contribution in [0.25, 0.3) is 11.4 Å². The first kappa shape index (κ1) is 18.6. The van der Waals surface area contributed by atoms with Crippen LogP contribution in [0.3, 0.4) is 0 Å². The van der Waals surface area contributed by atoms with Crippen LogP contribution in [-0.4, -0.2) is 30.3 Å². The van der Waals surface area contributed by atoms with Crippen molar-refractivity contribution in [3.05, 3.63) is 58.1 Å². The first-order chi connectivity index (χ1) is 13.5. The Morgan fingerprint density at radius 2 is 1.96 bits per heavy atom. The maximum atomic E-state index is 12.6. The largest absolute Gasteiger partial charge is 0.416 e. The summed E-state index contributed by atoms with van der Waals surface area (Å²) >= 11 is 2.94. The molecule has 0 aliphatic heterocycles. The van der Waals surface area contributed by atoms with Crippen LogP contribution < -0.4 is 0 Å². The Labute approximate surface area is 164 Å². The van der Waals surface area contributed by atoms with E-state index in [9.17, 15) is 13.2 Å². The van der Waals surface area contributed by atoms with Gasteiger partial charge in [0.25, 0.3) is 0 Å². The van der Waals surface area contributed by atoms with E-state index in [0.29, 0.717) is 28.9 Å². The molecule has 0 saturated heterocycles. The fourth-order valence-electron chi connectivity index (χ4n) is 2.31. The number of alkyl halides is 3. The van der Waals surface area contributed by atoms with Gasteiger partial charge in [-0.25, -0.2) is 4.68 Å². The molecule has 28 heavy (non-hydrogen) atoms. The smallest absolute Gasteiger partial charge is 0.338 e. The summed E-state index contributed by atoms with van der Waals surface area (Å²) in [6.07, 6.45) is -4.38. The zero-order valence-electron chi connectivity index (χ0n) is 14.0. The van der Waals surface area contributed by atoms with Gasteiger partial charge < -0.3 is 4.52 Å². The molecule has 0 aliphatic rings. The van der Waals surface area contributed by atoms with Crippen LogP contribution in [0.4, 0.5) is 13.2 Å². The Bertz CT molecular complexity index is 1040. The van der Waals surface area contributed by atoms with Crippen molar-refractivity contribution >= 4 is 23.1 Å². The minimum Gasteiger partial charge on any atom is -0.338 e. The van der Waals surface area contributed by atoms with Gasteiger partial charge in [0.05, 0.1) is 17.9 Å². The number of nitrogens with zero attached hydrogens (tertiary/aromatic N) is 6. The van der Waals surface area contributed by atoms with Crippen LogP contribution in [0, 0.1) is 0 Å². The van der Waals surface area contributed by atoms with E-state index in [1.165, 1.54) is 23.9 Å². The van der Waals surface area contributed by atoms with Gasteiger partial charge in [0, 0.05) is 10.4 Å². The summed E-state index contributed by atoms with van der Waals surface area (Å²) in [7, 11) is 0. The topological polar surface area (TPSA) is 82.5 Å². The fourth-order valence-corrected chi connectivity index (χ4v) is 3.71. The number of hydrogen-bond donors (Lipinski definition) is 0.